The van der Waals surface area contributed by atoms with Crippen molar-refractivity contribution in [2.24, 2.45) is 0 Å². The molecule has 6 rings (SSSR count). The summed E-state index contributed by atoms with van der Waals surface area (Å²) in [5.41, 5.74) is 6.40. The van der Waals surface area contributed by atoms with Gasteiger partial charge in [-0.2, -0.15) is 0 Å². The summed E-state index contributed by atoms with van der Waals surface area (Å²) in [6.45, 7) is 4.12. The number of benzene rings is 2. The van der Waals surface area contributed by atoms with Gasteiger partial charge in [0, 0.05) is 47.4 Å². The van der Waals surface area contributed by atoms with E-state index in [0.717, 1.165) is 34.3 Å². The number of pyridine rings is 2. The van der Waals surface area contributed by atoms with E-state index in [9.17, 15) is 9.90 Å². The molecule has 0 bridgehead atoms. The molecule has 0 spiro atoms. The first-order valence-electron chi connectivity index (χ1n) is 12.0. The first-order chi connectivity index (χ1) is 17.4. The fourth-order valence-electron chi connectivity index (χ4n) is 4.72. The van der Waals surface area contributed by atoms with Gasteiger partial charge >= 0.3 is 0 Å². The van der Waals surface area contributed by atoms with E-state index in [2.05, 4.69) is 16.0 Å². The molecule has 5 aromatic rings. The number of carbonyl (C=O) groups is 1. The maximum absolute atomic E-state index is 13.2. The standard InChI is InChI=1S/C30H25N3O3/c1-30(2,35)27-17-22(11-14-32-27)23-12-15-31-24-18-26(36-28(23)24)20-7-9-21(10-8-20)29(34)33-16-13-19-5-3-4-6-25(19)33/h3-12,14-15,17-18,35H,13,16H2,1-2H3. The topological polar surface area (TPSA) is 79.5 Å². The minimum Gasteiger partial charge on any atom is -0.454 e. The van der Waals surface area contributed by atoms with Gasteiger partial charge in [-0.15, -0.1) is 0 Å². The second-order valence-corrected chi connectivity index (χ2v) is 9.59. The third-order valence-corrected chi connectivity index (χ3v) is 6.66. The highest BCUT2D eigenvalue weighted by molar-refractivity contribution is 6.07. The Hall–Kier alpha value is -4.29. The molecule has 1 aliphatic heterocycles. The Morgan fingerprint density at radius 1 is 0.944 bits per heavy atom. The number of hydrogen-bond acceptors (Lipinski definition) is 5. The maximum atomic E-state index is 13.2. The Bertz CT molecular complexity index is 1600. The summed E-state index contributed by atoms with van der Waals surface area (Å²) in [4.78, 5) is 23.8. The molecule has 0 atom stereocenters. The van der Waals surface area contributed by atoms with Crippen molar-refractivity contribution >= 4 is 22.7 Å². The van der Waals surface area contributed by atoms with E-state index >= 15 is 0 Å². The number of anilines is 1. The molecule has 0 aliphatic carbocycles. The van der Waals surface area contributed by atoms with Crippen molar-refractivity contribution in [3.63, 3.8) is 0 Å². The number of aromatic nitrogens is 2. The molecule has 1 N–H and O–H groups in total. The summed E-state index contributed by atoms with van der Waals surface area (Å²) in [7, 11) is 0. The fraction of sp³-hybridized carbons (Fsp3) is 0.167. The first-order valence-corrected chi connectivity index (χ1v) is 12.0. The van der Waals surface area contributed by atoms with E-state index < -0.39 is 5.60 Å². The third-order valence-electron chi connectivity index (χ3n) is 6.66. The van der Waals surface area contributed by atoms with Crippen molar-refractivity contribution < 1.29 is 14.3 Å². The lowest BCUT2D eigenvalue weighted by atomic mass is 10.00. The molecule has 0 fully saturated rings. The number of hydrogen-bond donors (Lipinski definition) is 1. The summed E-state index contributed by atoms with van der Waals surface area (Å²) in [6, 6.07) is 23.1. The van der Waals surface area contributed by atoms with Crippen LogP contribution in [-0.4, -0.2) is 27.5 Å². The van der Waals surface area contributed by atoms with Gasteiger partial charge in [0.2, 0.25) is 0 Å². The van der Waals surface area contributed by atoms with E-state index in [1.165, 1.54) is 5.56 Å². The lowest BCUT2D eigenvalue weighted by molar-refractivity contribution is 0.0739. The molecule has 1 amide bonds. The average Bonchev–Trinajstić information content (AvgIpc) is 3.52. The Morgan fingerprint density at radius 3 is 2.53 bits per heavy atom. The molecule has 1 aliphatic rings. The number of amides is 1. The lowest BCUT2D eigenvalue weighted by Crippen LogP contribution is -2.28. The highest BCUT2D eigenvalue weighted by atomic mass is 16.3. The van der Waals surface area contributed by atoms with Crippen LogP contribution in [0.3, 0.4) is 0 Å². The highest BCUT2D eigenvalue weighted by Gasteiger charge is 2.25. The molecule has 6 heteroatoms. The van der Waals surface area contributed by atoms with E-state index in [4.69, 9.17) is 4.42 Å². The zero-order valence-corrected chi connectivity index (χ0v) is 20.1. The Kier molecular flexibility index (Phi) is 5.20. The second-order valence-electron chi connectivity index (χ2n) is 9.59. The largest absolute Gasteiger partial charge is 0.454 e. The Labute approximate surface area is 208 Å². The minimum atomic E-state index is -1.05. The van der Waals surface area contributed by atoms with Crippen molar-refractivity contribution in [2.45, 2.75) is 25.9 Å². The van der Waals surface area contributed by atoms with Crippen LogP contribution in [0, 0.1) is 0 Å². The predicted octanol–water partition coefficient (Wildman–Crippen LogP) is 5.99. The molecule has 2 aromatic carbocycles. The van der Waals surface area contributed by atoms with Crippen molar-refractivity contribution in [1.29, 1.82) is 0 Å². The van der Waals surface area contributed by atoms with Gasteiger partial charge in [0.1, 0.15) is 16.9 Å². The number of rotatable bonds is 4. The normalized spacial score (nSPS) is 13.2. The number of fused-ring (bicyclic) bond motifs is 2. The van der Waals surface area contributed by atoms with Gasteiger partial charge in [-0.05, 0) is 67.8 Å². The van der Waals surface area contributed by atoms with Crippen molar-refractivity contribution in [2.75, 3.05) is 11.4 Å². The lowest BCUT2D eigenvalue weighted by Gasteiger charge is -2.17. The molecule has 6 nitrogen and oxygen atoms in total. The average molecular weight is 476 g/mol. The quantitative estimate of drug-likeness (QED) is 0.346. The number of furan rings is 1. The molecule has 178 valence electrons. The molecular formula is C30H25N3O3. The third kappa shape index (κ3) is 3.85. The molecule has 4 heterocycles. The molecule has 0 unspecified atom stereocenters. The van der Waals surface area contributed by atoms with Crippen LogP contribution < -0.4 is 4.90 Å². The van der Waals surface area contributed by atoms with Crippen molar-refractivity contribution in [1.82, 2.24) is 9.97 Å². The predicted molar refractivity (Wildman–Crippen MR) is 140 cm³/mol. The second kappa shape index (κ2) is 8.43. The summed E-state index contributed by atoms with van der Waals surface area (Å²) in [5.74, 6) is 0.674. The van der Waals surface area contributed by atoms with Crippen LogP contribution in [0.25, 0.3) is 33.6 Å². The van der Waals surface area contributed by atoms with E-state index in [-0.39, 0.29) is 5.91 Å². The molecule has 36 heavy (non-hydrogen) atoms. The van der Waals surface area contributed by atoms with Gasteiger partial charge in [0.25, 0.3) is 5.91 Å². The minimum absolute atomic E-state index is 0.000331. The van der Waals surface area contributed by atoms with Gasteiger partial charge in [0.15, 0.2) is 5.58 Å². The van der Waals surface area contributed by atoms with E-state index in [0.29, 0.717) is 29.1 Å². The van der Waals surface area contributed by atoms with Gasteiger partial charge < -0.3 is 14.4 Å². The zero-order valence-electron chi connectivity index (χ0n) is 20.1. The van der Waals surface area contributed by atoms with Crippen LogP contribution in [0.4, 0.5) is 5.69 Å². The van der Waals surface area contributed by atoms with Gasteiger partial charge in [-0.25, -0.2) is 0 Å². The SMILES string of the molecule is CC(C)(O)c1cc(-c2ccnc3cc(-c4ccc(C(=O)N5CCc6ccccc65)cc4)oc23)ccn1. The van der Waals surface area contributed by atoms with Crippen molar-refractivity contribution in [3.05, 3.63) is 102 Å². The van der Waals surface area contributed by atoms with Crippen LogP contribution in [-0.2, 0) is 12.0 Å². The summed E-state index contributed by atoms with van der Waals surface area (Å²) < 4.78 is 6.27. The zero-order chi connectivity index (χ0) is 24.9. The van der Waals surface area contributed by atoms with Crippen molar-refractivity contribution in [3.8, 4) is 22.5 Å². The monoisotopic (exact) mass is 475 g/mol. The number of aliphatic hydroxyl groups is 1. The van der Waals surface area contributed by atoms with Crippen LogP contribution in [0.1, 0.15) is 35.5 Å². The smallest absolute Gasteiger partial charge is 0.258 e. The molecule has 0 saturated carbocycles. The van der Waals surface area contributed by atoms with Crippen LogP contribution in [0.15, 0.2) is 89.6 Å². The van der Waals surface area contributed by atoms with E-state index in [1.54, 1.807) is 26.2 Å². The summed E-state index contributed by atoms with van der Waals surface area (Å²) >= 11 is 0. The maximum Gasteiger partial charge on any atom is 0.258 e. The number of para-hydroxylation sites is 1. The van der Waals surface area contributed by atoms with Crippen LogP contribution in [0.5, 0.6) is 0 Å². The number of carbonyl (C=O) groups excluding carboxylic acids is 1. The highest BCUT2D eigenvalue weighted by Crippen LogP contribution is 2.35. The molecule has 0 saturated heterocycles. The Morgan fingerprint density at radius 2 is 1.72 bits per heavy atom. The van der Waals surface area contributed by atoms with Crippen LogP contribution in [0.2, 0.25) is 0 Å². The first kappa shape index (κ1) is 22.2. The van der Waals surface area contributed by atoms with Gasteiger partial charge in [-0.1, -0.05) is 30.3 Å². The van der Waals surface area contributed by atoms with Gasteiger partial charge in [-0.3, -0.25) is 14.8 Å². The number of nitrogens with zero attached hydrogens (tertiary/aromatic N) is 3. The summed E-state index contributed by atoms with van der Waals surface area (Å²) in [6.07, 6.45) is 4.31. The fourth-order valence-corrected chi connectivity index (χ4v) is 4.72. The summed E-state index contributed by atoms with van der Waals surface area (Å²) in [5, 5.41) is 10.4. The van der Waals surface area contributed by atoms with Crippen LogP contribution >= 0.6 is 0 Å². The molecular weight excluding hydrogens is 450 g/mol. The van der Waals surface area contributed by atoms with Gasteiger partial charge in [0.05, 0.1) is 5.69 Å². The molecule has 3 aromatic heterocycles. The molecule has 0 radical (unpaired) electrons. The Balaban J connectivity index is 1.31. The van der Waals surface area contributed by atoms with E-state index in [1.807, 2.05) is 71.6 Å².